The summed E-state index contributed by atoms with van der Waals surface area (Å²) in [6.07, 6.45) is 4.00. The second-order valence-electron chi connectivity index (χ2n) is 3.68. The molecule has 0 radical (unpaired) electrons. The third-order valence-corrected chi connectivity index (χ3v) is 2.79. The number of hydrogen-bond donors (Lipinski definition) is 0. The maximum Gasteiger partial charge on any atom is -0.0182 e. The van der Waals surface area contributed by atoms with Crippen molar-refractivity contribution in [1.29, 1.82) is 0 Å². The number of allylic oxidation sites excluding steroid dienone is 3. The Balaban J connectivity index is 3.32. The molecule has 0 nitrogen and oxygen atoms in total. The van der Waals surface area contributed by atoms with E-state index < -0.39 is 0 Å². The molecule has 1 aromatic carbocycles. The highest BCUT2D eigenvalue weighted by Gasteiger charge is 2.02. The molecule has 0 aromatic heterocycles. The summed E-state index contributed by atoms with van der Waals surface area (Å²) in [5, 5.41) is 0. The topological polar surface area (TPSA) is 0 Å². The Labute approximate surface area is 87.0 Å². The molecule has 0 N–H and O–H groups in total. The fraction of sp³-hybridized carbons (Fsp3) is 0.286. The summed E-state index contributed by atoms with van der Waals surface area (Å²) in [6, 6.07) is 4.44. The van der Waals surface area contributed by atoms with E-state index in [4.69, 9.17) is 0 Å². The fourth-order valence-corrected chi connectivity index (χ4v) is 1.60. The van der Waals surface area contributed by atoms with Gasteiger partial charge >= 0.3 is 0 Å². The molecule has 0 saturated carbocycles. The van der Waals surface area contributed by atoms with Gasteiger partial charge in [0.2, 0.25) is 0 Å². The molecule has 0 amide bonds. The first-order valence-electron chi connectivity index (χ1n) is 4.97. The molecular formula is C14H18. The van der Waals surface area contributed by atoms with Gasteiger partial charge in [0.05, 0.1) is 0 Å². The Kier molecular flexibility index (Phi) is 3.29. The van der Waals surface area contributed by atoms with Crippen molar-refractivity contribution >= 4 is 5.57 Å². The van der Waals surface area contributed by atoms with Gasteiger partial charge < -0.3 is 0 Å². The van der Waals surface area contributed by atoms with Crippen LogP contribution in [0.25, 0.3) is 5.57 Å². The van der Waals surface area contributed by atoms with Crippen LogP contribution in [0.1, 0.15) is 29.2 Å². The highest BCUT2D eigenvalue weighted by molar-refractivity contribution is 5.74. The third kappa shape index (κ3) is 1.95. The van der Waals surface area contributed by atoms with E-state index in [9.17, 15) is 0 Å². The number of hydrogen-bond acceptors (Lipinski definition) is 0. The van der Waals surface area contributed by atoms with Gasteiger partial charge in [0, 0.05) is 0 Å². The lowest BCUT2D eigenvalue weighted by molar-refractivity contribution is 1.26. The van der Waals surface area contributed by atoms with Gasteiger partial charge in [-0.2, -0.15) is 0 Å². The SMILES string of the molecule is C=C/C(=C\C)c1cc(C)c(C)c(C)c1. The minimum absolute atomic E-state index is 1.20. The van der Waals surface area contributed by atoms with Gasteiger partial charge in [-0.05, 0) is 55.5 Å². The summed E-state index contributed by atoms with van der Waals surface area (Å²) in [4.78, 5) is 0. The van der Waals surface area contributed by atoms with Crippen LogP contribution >= 0.6 is 0 Å². The Morgan fingerprint density at radius 1 is 1.14 bits per heavy atom. The van der Waals surface area contributed by atoms with E-state index in [0.29, 0.717) is 0 Å². The Morgan fingerprint density at radius 2 is 1.64 bits per heavy atom. The van der Waals surface area contributed by atoms with Crippen LogP contribution in [0.5, 0.6) is 0 Å². The summed E-state index contributed by atoms with van der Waals surface area (Å²) in [5.41, 5.74) is 6.55. The number of benzene rings is 1. The highest BCUT2D eigenvalue weighted by Crippen LogP contribution is 2.21. The summed E-state index contributed by atoms with van der Waals surface area (Å²) < 4.78 is 0. The van der Waals surface area contributed by atoms with Crippen molar-refractivity contribution in [2.45, 2.75) is 27.7 Å². The molecule has 0 heterocycles. The summed E-state index contributed by atoms with van der Waals surface area (Å²) >= 11 is 0. The second-order valence-corrected chi connectivity index (χ2v) is 3.68. The van der Waals surface area contributed by atoms with Gasteiger partial charge in [-0.25, -0.2) is 0 Å². The fourth-order valence-electron chi connectivity index (χ4n) is 1.60. The zero-order valence-corrected chi connectivity index (χ0v) is 9.52. The lowest BCUT2D eigenvalue weighted by atomic mass is 9.96. The van der Waals surface area contributed by atoms with Crippen molar-refractivity contribution in [3.63, 3.8) is 0 Å². The predicted molar refractivity (Wildman–Crippen MR) is 64.5 cm³/mol. The first-order chi connectivity index (χ1) is 6.60. The second kappa shape index (κ2) is 4.28. The van der Waals surface area contributed by atoms with E-state index in [1.165, 1.54) is 27.8 Å². The normalized spacial score (nSPS) is 11.6. The average Bonchev–Trinajstić information content (AvgIpc) is 2.16. The molecule has 1 rings (SSSR count). The molecule has 0 fully saturated rings. The lowest BCUT2D eigenvalue weighted by Gasteiger charge is -2.09. The molecule has 0 unspecified atom stereocenters. The van der Waals surface area contributed by atoms with Crippen molar-refractivity contribution in [3.05, 3.63) is 53.1 Å². The zero-order chi connectivity index (χ0) is 10.7. The van der Waals surface area contributed by atoms with Gasteiger partial charge in [-0.1, -0.05) is 30.9 Å². The van der Waals surface area contributed by atoms with Gasteiger partial charge in [0.15, 0.2) is 0 Å². The smallest absolute Gasteiger partial charge is 0.0182 e. The van der Waals surface area contributed by atoms with Crippen LogP contribution in [0, 0.1) is 20.8 Å². The molecule has 0 aliphatic carbocycles. The van der Waals surface area contributed by atoms with E-state index in [2.05, 4.69) is 45.6 Å². The molecule has 0 aliphatic heterocycles. The molecule has 74 valence electrons. The van der Waals surface area contributed by atoms with Gasteiger partial charge in [0.1, 0.15) is 0 Å². The molecule has 0 atom stereocenters. The van der Waals surface area contributed by atoms with Gasteiger partial charge in [-0.15, -0.1) is 0 Å². The monoisotopic (exact) mass is 186 g/mol. The quantitative estimate of drug-likeness (QED) is 0.607. The Hall–Kier alpha value is -1.30. The minimum Gasteiger partial charge on any atom is -0.0985 e. The van der Waals surface area contributed by atoms with Crippen molar-refractivity contribution in [2.24, 2.45) is 0 Å². The maximum absolute atomic E-state index is 3.82. The minimum atomic E-state index is 1.20. The van der Waals surface area contributed by atoms with Crippen LogP contribution in [-0.2, 0) is 0 Å². The van der Waals surface area contributed by atoms with Crippen molar-refractivity contribution in [3.8, 4) is 0 Å². The summed E-state index contributed by atoms with van der Waals surface area (Å²) in [6.45, 7) is 12.3. The van der Waals surface area contributed by atoms with E-state index >= 15 is 0 Å². The van der Waals surface area contributed by atoms with Crippen LogP contribution in [-0.4, -0.2) is 0 Å². The molecule has 0 bridgehead atoms. The molecular weight excluding hydrogens is 168 g/mol. The van der Waals surface area contributed by atoms with Crippen LogP contribution in [0.4, 0.5) is 0 Å². The molecule has 0 saturated heterocycles. The molecule has 0 spiro atoms. The first-order valence-corrected chi connectivity index (χ1v) is 4.97. The molecule has 1 aromatic rings. The lowest BCUT2D eigenvalue weighted by Crippen LogP contribution is -1.90. The molecule has 14 heavy (non-hydrogen) atoms. The van der Waals surface area contributed by atoms with Crippen LogP contribution in [0.15, 0.2) is 30.9 Å². The largest absolute Gasteiger partial charge is 0.0985 e. The first kappa shape index (κ1) is 10.8. The summed E-state index contributed by atoms with van der Waals surface area (Å²) in [5.74, 6) is 0. The third-order valence-electron chi connectivity index (χ3n) is 2.79. The zero-order valence-electron chi connectivity index (χ0n) is 9.52. The Morgan fingerprint density at radius 3 is 2.00 bits per heavy atom. The number of rotatable bonds is 2. The number of aryl methyl sites for hydroxylation is 2. The average molecular weight is 186 g/mol. The maximum atomic E-state index is 3.82. The predicted octanol–water partition coefficient (Wildman–Crippen LogP) is 4.20. The Bertz CT molecular complexity index is 358. The standard InChI is InChI=1S/C14H18/c1-6-13(7-2)14-8-10(3)12(5)11(4)9-14/h6-9H,1H2,2-5H3/b13-7+. The summed E-state index contributed by atoms with van der Waals surface area (Å²) in [7, 11) is 0. The van der Waals surface area contributed by atoms with Crippen molar-refractivity contribution < 1.29 is 0 Å². The molecule has 0 aliphatic rings. The van der Waals surface area contributed by atoms with Gasteiger partial charge in [-0.3, -0.25) is 0 Å². The van der Waals surface area contributed by atoms with Crippen LogP contribution < -0.4 is 0 Å². The van der Waals surface area contributed by atoms with Crippen molar-refractivity contribution in [2.75, 3.05) is 0 Å². The van der Waals surface area contributed by atoms with Crippen LogP contribution in [0.2, 0.25) is 0 Å². The van der Waals surface area contributed by atoms with Crippen LogP contribution in [0.3, 0.4) is 0 Å². The van der Waals surface area contributed by atoms with Gasteiger partial charge in [0.25, 0.3) is 0 Å². The van der Waals surface area contributed by atoms with Crippen molar-refractivity contribution in [1.82, 2.24) is 0 Å². The molecule has 0 heteroatoms. The van der Waals surface area contributed by atoms with E-state index in [-0.39, 0.29) is 0 Å². The van der Waals surface area contributed by atoms with E-state index in [1.54, 1.807) is 0 Å². The highest BCUT2D eigenvalue weighted by atomic mass is 14.1. The van der Waals surface area contributed by atoms with E-state index in [0.717, 1.165) is 0 Å². The van der Waals surface area contributed by atoms with E-state index in [1.807, 2.05) is 13.0 Å².